The third kappa shape index (κ3) is 3.04. The molecule has 0 aliphatic carbocycles. The summed E-state index contributed by atoms with van der Waals surface area (Å²) in [5.74, 6) is 4.86. The monoisotopic (exact) mass is 181 g/mol. The van der Waals surface area contributed by atoms with Crippen molar-refractivity contribution < 1.29 is 4.79 Å². The zero-order chi connectivity index (χ0) is 9.68. The largest absolute Gasteiger partial charge is 0.331 e. The summed E-state index contributed by atoms with van der Waals surface area (Å²) in [7, 11) is 0. The van der Waals surface area contributed by atoms with Crippen molar-refractivity contribution in [3.05, 3.63) is 23.8 Å². The maximum Gasteiger partial charge on any atom is 0.329 e. The smallest absolute Gasteiger partial charge is 0.329 e. The van der Waals surface area contributed by atoms with E-state index in [1.165, 1.54) is 0 Å². The number of hydrazine groups is 1. The second-order valence-electron chi connectivity index (χ2n) is 2.48. The topological polar surface area (TPSA) is 92.9 Å². The molecule has 0 radical (unpaired) electrons. The van der Waals surface area contributed by atoms with Crippen LogP contribution in [0.3, 0.4) is 0 Å². The number of nitrogens with one attached hydrogen (secondary N) is 2. The first-order valence-electron chi connectivity index (χ1n) is 3.74. The van der Waals surface area contributed by atoms with E-state index in [1.807, 2.05) is 12.3 Å². The van der Waals surface area contributed by atoms with E-state index >= 15 is 0 Å². The lowest BCUT2D eigenvalue weighted by atomic mass is 10.4. The van der Waals surface area contributed by atoms with E-state index in [-0.39, 0.29) is 0 Å². The van der Waals surface area contributed by atoms with Gasteiger partial charge in [0, 0.05) is 6.20 Å². The first-order valence-corrected chi connectivity index (χ1v) is 3.74. The highest BCUT2D eigenvalue weighted by atomic mass is 16.2. The number of aromatic nitrogens is 2. The zero-order valence-corrected chi connectivity index (χ0v) is 7.24. The Kier molecular flexibility index (Phi) is 3.15. The normalized spacial score (nSPS) is 9.38. The molecule has 2 amide bonds. The van der Waals surface area contributed by atoms with Crippen LogP contribution in [0.2, 0.25) is 0 Å². The molecular formula is C7H11N5O. The summed E-state index contributed by atoms with van der Waals surface area (Å²) >= 11 is 0. The summed E-state index contributed by atoms with van der Waals surface area (Å²) < 4.78 is 0. The molecule has 0 fully saturated rings. The van der Waals surface area contributed by atoms with Crippen LogP contribution in [0.15, 0.2) is 12.4 Å². The van der Waals surface area contributed by atoms with E-state index in [1.54, 1.807) is 12.4 Å². The maximum atomic E-state index is 10.7. The van der Waals surface area contributed by atoms with Crippen molar-refractivity contribution in [1.82, 2.24) is 20.7 Å². The summed E-state index contributed by atoms with van der Waals surface area (Å²) in [5, 5.41) is 2.49. The van der Waals surface area contributed by atoms with Crippen molar-refractivity contribution in [2.75, 3.05) is 0 Å². The van der Waals surface area contributed by atoms with Gasteiger partial charge in [-0.3, -0.25) is 15.4 Å². The number of carbonyl (C=O) groups excluding carboxylic acids is 1. The number of hydrogen-bond donors (Lipinski definition) is 3. The fraction of sp³-hybridized carbons (Fsp3) is 0.286. The van der Waals surface area contributed by atoms with Crippen LogP contribution in [0.5, 0.6) is 0 Å². The van der Waals surface area contributed by atoms with Gasteiger partial charge >= 0.3 is 6.03 Å². The summed E-state index contributed by atoms with van der Waals surface area (Å²) in [6, 6.07) is -0.442. The Balaban J connectivity index is 2.46. The molecule has 4 N–H and O–H groups in total. The first-order chi connectivity index (χ1) is 6.22. The van der Waals surface area contributed by atoms with Crippen LogP contribution in [0.25, 0.3) is 0 Å². The standard InChI is InChI=1S/C7H11N5O/c1-5-2-10-6(3-9-5)4-11-7(13)12-8/h2-3H,4,8H2,1H3,(H2,11,12,13). The van der Waals surface area contributed by atoms with E-state index in [0.29, 0.717) is 12.2 Å². The van der Waals surface area contributed by atoms with Crippen molar-refractivity contribution in [2.45, 2.75) is 13.5 Å². The Labute approximate surface area is 75.5 Å². The lowest BCUT2D eigenvalue weighted by molar-refractivity contribution is 0.240. The SMILES string of the molecule is Cc1cnc(CNC(=O)NN)cn1. The molecule has 13 heavy (non-hydrogen) atoms. The van der Waals surface area contributed by atoms with Gasteiger partial charge in [0.05, 0.1) is 24.1 Å². The number of amides is 2. The summed E-state index contributed by atoms with van der Waals surface area (Å²) in [6.45, 7) is 2.16. The Morgan fingerprint density at radius 3 is 2.85 bits per heavy atom. The van der Waals surface area contributed by atoms with Gasteiger partial charge in [0.25, 0.3) is 0 Å². The fourth-order valence-corrected chi connectivity index (χ4v) is 0.732. The Bertz CT molecular complexity index is 283. The molecule has 0 atom stereocenters. The number of carbonyl (C=O) groups is 1. The fourth-order valence-electron chi connectivity index (χ4n) is 0.732. The van der Waals surface area contributed by atoms with Gasteiger partial charge < -0.3 is 5.32 Å². The van der Waals surface area contributed by atoms with Crippen molar-refractivity contribution in [3.63, 3.8) is 0 Å². The van der Waals surface area contributed by atoms with Crippen LogP contribution >= 0.6 is 0 Å². The summed E-state index contributed by atoms with van der Waals surface area (Å²) in [6.07, 6.45) is 3.24. The van der Waals surface area contributed by atoms with E-state index < -0.39 is 6.03 Å². The molecule has 1 aromatic rings. The third-order valence-electron chi connectivity index (χ3n) is 1.40. The molecular weight excluding hydrogens is 170 g/mol. The van der Waals surface area contributed by atoms with Crippen LogP contribution in [0.4, 0.5) is 4.79 Å². The van der Waals surface area contributed by atoms with Crippen LogP contribution in [-0.4, -0.2) is 16.0 Å². The quantitative estimate of drug-likeness (QED) is 0.324. The van der Waals surface area contributed by atoms with Gasteiger partial charge in [0.1, 0.15) is 0 Å². The molecule has 0 aliphatic rings. The molecule has 0 unspecified atom stereocenters. The van der Waals surface area contributed by atoms with Crippen LogP contribution < -0.4 is 16.6 Å². The number of nitrogens with zero attached hydrogens (tertiary/aromatic N) is 2. The van der Waals surface area contributed by atoms with Gasteiger partial charge in [-0.25, -0.2) is 10.6 Å². The molecule has 1 rings (SSSR count). The number of urea groups is 1. The molecule has 6 heteroatoms. The number of rotatable bonds is 2. The lowest BCUT2D eigenvalue weighted by Gasteiger charge is -2.02. The number of aryl methyl sites for hydroxylation is 1. The van der Waals surface area contributed by atoms with Crippen molar-refractivity contribution in [1.29, 1.82) is 0 Å². The second kappa shape index (κ2) is 4.36. The third-order valence-corrected chi connectivity index (χ3v) is 1.40. The molecule has 6 nitrogen and oxygen atoms in total. The minimum Gasteiger partial charge on any atom is -0.331 e. The highest BCUT2D eigenvalue weighted by Gasteiger charge is 1.98. The molecule has 70 valence electrons. The summed E-state index contributed by atoms with van der Waals surface area (Å²) in [4.78, 5) is 18.7. The molecule has 0 saturated heterocycles. The van der Waals surface area contributed by atoms with Crippen molar-refractivity contribution >= 4 is 6.03 Å². The predicted molar refractivity (Wildman–Crippen MR) is 46.3 cm³/mol. The van der Waals surface area contributed by atoms with E-state index in [0.717, 1.165) is 5.69 Å². The number of hydrogen-bond acceptors (Lipinski definition) is 4. The predicted octanol–water partition coefficient (Wildman–Crippen LogP) is -0.542. The molecule has 0 aliphatic heterocycles. The molecule has 0 spiro atoms. The van der Waals surface area contributed by atoms with Crippen LogP contribution in [0, 0.1) is 6.92 Å². The zero-order valence-electron chi connectivity index (χ0n) is 7.24. The first kappa shape index (κ1) is 9.40. The molecule has 0 saturated carbocycles. The average Bonchev–Trinajstić information content (AvgIpc) is 2.16. The van der Waals surface area contributed by atoms with Crippen LogP contribution in [-0.2, 0) is 6.54 Å². The minimum atomic E-state index is -0.442. The molecule has 0 bridgehead atoms. The van der Waals surface area contributed by atoms with Crippen molar-refractivity contribution in [2.24, 2.45) is 5.84 Å². The van der Waals surface area contributed by atoms with E-state index in [2.05, 4.69) is 15.3 Å². The van der Waals surface area contributed by atoms with E-state index in [4.69, 9.17) is 5.84 Å². The van der Waals surface area contributed by atoms with Gasteiger partial charge in [-0.1, -0.05) is 0 Å². The molecule has 1 heterocycles. The van der Waals surface area contributed by atoms with Gasteiger partial charge in [-0.15, -0.1) is 0 Å². The lowest BCUT2D eigenvalue weighted by Crippen LogP contribution is -2.39. The Morgan fingerprint density at radius 1 is 1.54 bits per heavy atom. The highest BCUT2D eigenvalue weighted by molar-refractivity contribution is 5.72. The minimum absolute atomic E-state index is 0.316. The molecule has 1 aromatic heterocycles. The second-order valence-corrected chi connectivity index (χ2v) is 2.48. The van der Waals surface area contributed by atoms with Gasteiger partial charge in [0.15, 0.2) is 0 Å². The van der Waals surface area contributed by atoms with Crippen LogP contribution in [0.1, 0.15) is 11.4 Å². The average molecular weight is 181 g/mol. The molecule has 0 aromatic carbocycles. The Morgan fingerprint density at radius 2 is 2.31 bits per heavy atom. The van der Waals surface area contributed by atoms with Gasteiger partial charge in [0.2, 0.25) is 0 Å². The summed E-state index contributed by atoms with van der Waals surface area (Å²) in [5.41, 5.74) is 3.48. The van der Waals surface area contributed by atoms with Crippen molar-refractivity contribution in [3.8, 4) is 0 Å². The Hall–Kier alpha value is -1.69. The highest BCUT2D eigenvalue weighted by Crippen LogP contribution is 1.92. The van der Waals surface area contributed by atoms with Gasteiger partial charge in [-0.2, -0.15) is 0 Å². The van der Waals surface area contributed by atoms with E-state index in [9.17, 15) is 4.79 Å². The number of nitrogens with two attached hydrogens (primary N) is 1. The maximum absolute atomic E-state index is 10.7. The van der Waals surface area contributed by atoms with Gasteiger partial charge in [-0.05, 0) is 6.92 Å².